The van der Waals surface area contributed by atoms with Crippen molar-refractivity contribution in [1.82, 2.24) is 24.0 Å². The minimum absolute atomic E-state index is 0. The van der Waals surface area contributed by atoms with Crippen LogP contribution in [0.4, 0.5) is 5.95 Å². The third-order valence-corrected chi connectivity index (χ3v) is 5.15. The van der Waals surface area contributed by atoms with Crippen molar-refractivity contribution in [3.05, 3.63) is 20.8 Å². The molecule has 4 rings (SSSR count). The van der Waals surface area contributed by atoms with Gasteiger partial charge in [-0.15, -0.1) is 12.4 Å². The van der Waals surface area contributed by atoms with Crippen molar-refractivity contribution in [3.8, 4) is 0 Å². The molecule has 2 aliphatic rings. The van der Waals surface area contributed by atoms with Gasteiger partial charge in [0.2, 0.25) is 5.95 Å². The van der Waals surface area contributed by atoms with Gasteiger partial charge in [-0.25, -0.2) is 4.79 Å². The zero-order chi connectivity index (χ0) is 15.6. The minimum Gasteiger partial charge on any atom is -0.338 e. The lowest BCUT2D eigenvalue weighted by molar-refractivity contribution is 0.574. The number of aromatic nitrogens is 4. The number of nitrogens with zero attached hydrogens (tertiary/aromatic N) is 5. The Kier molecular flexibility index (Phi) is 3.76. The van der Waals surface area contributed by atoms with Gasteiger partial charge in [-0.3, -0.25) is 13.9 Å². The molecule has 2 aromatic rings. The molecule has 0 amide bonds. The number of imidazole rings is 1. The monoisotopic (exact) mass is 340 g/mol. The van der Waals surface area contributed by atoms with Crippen molar-refractivity contribution < 1.29 is 0 Å². The molecule has 2 atom stereocenters. The maximum absolute atomic E-state index is 12.4. The predicted molar refractivity (Wildman–Crippen MR) is 90.6 cm³/mol. The van der Waals surface area contributed by atoms with E-state index in [4.69, 9.17) is 0 Å². The maximum Gasteiger partial charge on any atom is 0.332 e. The van der Waals surface area contributed by atoms with Crippen LogP contribution in [0.1, 0.15) is 6.42 Å². The van der Waals surface area contributed by atoms with Crippen LogP contribution >= 0.6 is 12.4 Å². The van der Waals surface area contributed by atoms with Crippen molar-refractivity contribution >= 4 is 29.5 Å². The van der Waals surface area contributed by atoms with Crippen LogP contribution in [-0.4, -0.2) is 44.4 Å². The summed E-state index contributed by atoms with van der Waals surface area (Å²) in [7, 11) is 5.01. The van der Waals surface area contributed by atoms with E-state index in [0.717, 1.165) is 36.6 Å². The van der Waals surface area contributed by atoms with Crippen molar-refractivity contribution in [3.63, 3.8) is 0 Å². The molecule has 0 spiro atoms. The second-order valence-electron chi connectivity index (χ2n) is 6.32. The van der Waals surface area contributed by atoms with Gasteiger partial charge in [0.15, 0.2) is 11.2 Å². The van der Waals surface area contributed by atoms with E-state index in [0.29, 0.717) is 23.1 Å². The van der Waals surface area contributed by atoms with E-state index in [-0.39, 0.29) is 23.7 Å². The lowest BCUT2D eigenvalue weighted by Gasteiger charge is -2.24. The summed E-state index contributed by atoms with van der Waals surface area (Å²) in [6, 6.07) is 0.427. The molecule has 1 N–H and O–H groups in total. The third-order valence-electron chi connectivity index (χ3n) is 5.15. The van der Waals surface area contributed by atoms with Gasteiger partial charge in [0.25, 0.3) is 5.56 Å². The molecule has 0 saturated carbocycles. The molecule has 0 aromatic carbocycles. The van der Waals surface area contributed by atoms with Gasteiger partial charge in [0.05, 0.1) is 0 Å². The molecule has 8 nitrogen and oxygen atoms in total. The van der Waals surface area contributed by atoms with E-state index in [1.165, 1.54) is 11.6 Å². The molecule has 9 heteroatoms. The van der Waals surface area contributed by atoms with Gasteiger partial charge in [0.1, 0.15) is 0 Å². The highest BCUT2D eigenvalue weighted by atomic mass is 35.5. The highest BCUT2D eigenvalue weighted by molar-refractivity contribution is 5.85. The lowest BCUT2D eigenvalue weighted by Crippen LogP contribution is -2.37. The number of hydrogen-bond acceptors (Lipinski definition) is 5. The molecule has 126 valence electrons. The molecule has 4 heterocycles. The predicted octanol–water partition coefficient (Wildman–Crippen LogP) is -0.809. The summed E-state index contributed by atoms with van der Waals surface area (Å²) in [5.74, 6) is 1.43. The van der Waals surface area contributed by atoms with Gasteiger partial charge in [-0.05, 0) is 12.3 Å². The van der Waals surface area contributed by atoms with Gasteiger partial charge in [-0.2, -0.15) is 4.98 Å². The molecule has 2 unspecified atom stereocenters. The Balaban J connectivity index is 0.00000156. The smallest absolute Gasteiger partial charge is 0.332 e. The average Bonchev–Trinajstić information content (AvgIpc) is 3.17. The van der Waals surface area contributed by atoms with Crippen molar-refractivity contribution in [2.45, 2.75) is 12.5 Å². The van der Waals surface area contributed by atoms with Crippen molar-refractivity contribution in [2.75, 3.05) is 24.5 Å². The number of rotatable bonds is 1. The fourth-order valence-corrected chi connectivity index (χ4v) is 3.86. The van der Waals surface area contributed by atoms with E-state index in [2.05, 4.69) is 15.2 Å². The Hall–Kier alpha value is -1.80. The Bertz CT molecular complexity index is 882. The fraction of sp³-hybridized carbons (Fsp3) is 0.643. The number of hydrogen-bond donors (Lipinski definition) is 1. The summed E-state index contributed by atoms with van der Waals surface area (Å²) in [4.78, 5) is 31.4. The molecular formula is C14H21ClN6O2. The molecule has 2 fully saturated rings. The van der Waals surface area contributed by atoms with E-state index in [1.54, 1.807) is 7.05 Å². The van der Waals surface area contributed by atoms with Crippen LogP contribution in [0.15, 0.2) is 9.59 Å². The second kappa shape index (κ2) is 5.38. The first-order chi connectivity index (χ1) is 10.5. The molecule has 0 bridgehead atoms. The Morgan fingerprint density at radius 3 is 2.57 bits per heavy atom. The van der Waals surface area contributed by atoms with Crippen LogP contribution in [0.5, 0.6) is 0 Å². The largest absolute Gasteiger partial charge is 0.338 e. The highest BCUT2D eigenvalue weighted by Gasteiger charge is 2.39. The molecule has 2 saturated heterocycles. The van der Waals surface area contributed by atoms with E-state index in [9.17, 15) is 9.59 Å². The summed E-state index contributed by atoms with van der Waals surface area (Å²) in [6.45, 7) is 2.94. The lowest BCUT2D eigenvalue weighted by atomic mass is 10.1. The normalized spacial score (nSPS) is 23.3. The number of anilines is 1. The fourth-order valence-electron chi connectivity index (χ4n) is 3.86. The zero-order valence-corrected chi connectivity index (χ0v) is 14.3. The van der Waals surface area contributed by atoms with Crippen LogP contribution in [0.25, 0.3) is 11.2 Å². The quantitative estimate of drug-likeness (QED) is 0.735. The van der Waals surface area contributed by atoms with Crippen LogP contribution in [0.2, 0.25) is 0 Å². The molecule has 0 aliphatic carbocycles. The van der Waals surface area contributed by atoms with E-state index >= 15 is 0 Å². The second-order valence-corrected chi connectivity index (χ2v) is 6.32. The van der Waals surface area contributed by atoms with Crippen LogP contribution in [0.3, 0.4) is 0 Å². The summed E-state index contributed by atoms with van der Waals surface area (Å²) in [5, 5.41) is 3.42. The van der Waals surface area contributed by atoms with Gasteiger partial charge in [-0.1, -0.05) is 0 Å². The summed E-state index contributed by atoms with van der Waals surface area (Å²) >= 11 is 0. The zero-order valence-electron chi connectivity index (χ0n) is 13.4. The number of halogens is 1. The van der Waals surface area contributed by atoms with Crippen molar-refractivity contribution in [2.24, 2.45) is 27.1 Å². The Morgan fingerprint density at radius 1 is 1.09 bits per heavy atom. The van der Waals surface area contributed by atoms with E-state index < -0.39 is 0 Å². The van der Waals surface area contributed by atoms with Gasteiger partial charge in [0, 0.05) is 46.8 Å². The summed E-state index contributed by atoms with van der Waals surface area (Å²) in [6.07, 6.45) is 1.14. The molecular weight excluding hydrogens is 320 g/mol. The molecule has 2 aliphatic heterocycles. The van der Waals surface area contributed by atoms with E-state index in [1.807, 2.05) is 11.6 Å². The van der Waals surface area contributed by atoms with Crippen molar-refractivity contribution in [1.29, 1.82) is 0 Å². The number of aryl methyl sites for hydroxylation is 2. The van der Waals surface area contributed by atoms with Crippen LogP contribution in [-0.2, 0) is 21.1 Å². The molecule has 0 radical (unpaired) electrons. The molecule has 2 aromatic heterocycles. The number of nitrogens with one attached hydrogen (secondary N) is 1. The van der Waals surface area contributed by atoms with Gasteiger partial charge < -0.3 is 14.8 Å². The summed E-state index contributed by atoms with van der Waals surface area (Å²) < 4.78 is 4.41. The Morgan fingerprint density at radius 2 is 1.83 bits per heavy atom. The van der Waals surface area contributed by atoms with Crippen LogP contribution in [0, 0.1) is 5.92 Å². The number of fused-ring (bicyclic) bond motifs is 2. The first kappa shape index (κ1) is 16.1. The van der Waals surface area contributed by atoms with Crippen LogP contribution < -0.4 is 21.5 Å². The Labute approximate surface area is 139 Å². The first-order valence-corrected chi connectivity index (χ1v) is 7.60. The summed E-state index contributed by atoms with van der Waals surface area (Å²) in [5.41, 5.74) is 0.303. The minimum atomic E-state index is -0.344. The first-order valence-electron chi connectivity index (χ1n) is 7.60. The van der Waals surface area contributed by atoms with Gasteiger partial charge >= 0.3 is 5.69 Å². The molecule has 23 heavy (non-hydrogen) atoms. The maximum atomic E-state index is 12.4. The standard InChI is InChI=1S/C14H20N6O2.ClH/c1-17-10-11(18(2)14(22)19(3)12(10)21)16-13(17)20-5-4-8-6-15-7-9(8)20;/h8-9,15H,4-7H2,1-3H3;1H. The SMILES string of the molecule is Cl.Cn1c(=O)c2c(nc(N3CCC4CNCC43)n2C)n(C)c1=O. The average molecular weight is 341 g/mol. The third kappa shape index (κ3) is 2.05. The topological polar surface area (TPSA) is 77.1 Å². The highest BCUT2D eigenvalue weighted by Crippen LogP contribution is 2.31.